The fraction of sp³-hybridized carbons (Fsp3) is 0.500. The highest BCUT2D eigenvalue weighted by Gasteiger charge is 2.46. The molecule has 1 spiro atoms. The van der Waals surface area contributed by atoms with E-state index in [0.29, 0.717) is 6.54 Å². The topological polar surface area (TPSA) is 50.6 Å². The van der Waals surface area contributed by atoms with Crippen LogP contribution in [-0.4, -0.2) is 58.0 Å². The Bertz CT molecular complexity index is 817. The number of ether oxygens (including phenoxy) is 1. The number of carbonyl (C=O) groups is 1. The third-order valence-electron chi connectivity index (χ3n) is 5.49. The van der Waals surface area contributed by atoms with Gasteiger partial charge in [0, 0.05) is 32.5 Å². The van der Waals surface area contributed by atoms with Crippen molar-refractivity contribution in [2.75, 3.05) is 26.7 Å². The van der Waals surface area contributed by atoms with Gasteiger partial charge in [-0.1, -0.05) is 6.07 Å². The van der Waals surface area contributed by atoms with E-state index in [9.17, 15) is 4.79 Å². The van der Waals surface area contributed by atoms with Gasteiger partial charge in [-0.25, -0.2) is 9.48 Å². The number of rotatable bonds is 3. The number of nitrogens with zero attached hydrogens (tertiary/aromatic N) is 4. The second-order valence-electron chi connectivity index (χ2n) is 7.75. The smallest absolute Gasteiger partial charge is 0.410 e. The molecule has 0 bridgehead atoms. The van der Waals surface area contributed by atoms with Crippen LogP contribution in [0.15, 0.2) is 30.6 Å². The lowest BCUT2D eigenvalue weighted by Crippen LogP contribution is -2.50. The molecule has 26 heavy (non-hydrogen) atoms. The van der Waals surface area contributed by atoms with Crippen LogP contribution in [0.25, 0.3) is 5.69 Å². The molecule has 2 aliphatic rings. The summed E-state index contributed by atoms with van der Waals surface area (Å²) >= 11 is 0. The lowest BCUT2D eigenvalue weighted by atomic mass is 9.92. The molecule has 6 heteroatoms. The molecule has 6 nitrogen and oxygen atoms in total. The van der Waals surface area contributed by atoms with Crippen molar-refractivity contribution in [3.63, 3.8) is 0 Å². The predicted octanol–water partition coefficient (Wildman–Crippen LogP) is 2.91. The number of likely N-dealkylation sites (N-methyl/N-ethyl adjacent to an activating group) is 1. The van der Waals surface area contributed by atoms with E-state index in [0.717, 1.165) is 38.2 Å². The standard InChI is InChI=1S/C20H26N4O2/c1-15-10-16(2)17(18(11-15)24-9-5-7-21-24)12-23-8-4-6-20(14-23)13-22(3)19(25)26-20/h5,7,9-11H,4,6,8,12-14H2,1-3H3/t20-/m1/s1. The molecule has 2 fully saturated rings. The van der Waals surface area contributed by atoms with Crippen LogP contribution in [0.3, 0.4) is 0 Å². The summed E-state index contributed by atoms with van der Waals surface area (Å²) in [6.45, 7) is 7.61. The number of carbonyl (C=O) groups excluding carboxylic acids is 1. The van der Waals surface area contributed by atoms with E-state index < -0.39 is 0 Å². The molecule has 0 N–H and O–H groups in total. The first-order chi connectivity index (χ1) is 12.5. The molecular weight excluding hydrogens is 328 g/mol. The number of amides is 1. The molecule has 2 aromatic rings. The van der Waals surface area contributed by atoms with Gasteiger partial charge in [-0.15, -0.1) is 0 Å². The maximum absolute atomic E-state index is 11.9. The van der Waals surface area contributed by atoms with Gasteiger partial charge >= 0.3 is 6.09 Å². The van der Waals surface area contributed by atoms with Crippen molar-refractivity contribution in [3.05, 3.63) is 47.3 Å². The van der Waals surface area contributed by atoms with E-state index in [1.54, 1.807) is 4.90 Å². The Labute approximate surface area is 154 Å². The Hall–Kier alpha value is -2.34. The Morgan fingerprint density at radius 3 is 2.81 bits per heavy atom. The number of piperidine rings is 1. The van der Waals surface area contributed by atoms with Crippen LogP contribution < -0.4 is 0 Å². The van der Waals surface area contributed by atoms with Gasteiger partial charge < -0.3 is 9.64 Å². The summed E-state index contributed by atoms with van der Waals surface area (Å²) in [6.07, 6.45) is 5.59. The summed E-state index contributed by atoms with van der Waals surface area (Å²) in [6, 6.07) is 6.37. The average Bonchev–Trinajstić information content (AvgIpc) is 3.19. The second-order valence-corrected chi connectivity index (χ2v) is 7.75. The normalized spacial score (nSPS) is 23.7. The van der Waals surface area contributed by atoms with Crippen molar-refractivity contribution >= 4 is 6.09 Å². The highest BCUT2D eigenvalue weighted by Crippen LogP contribution is 2.33. The fourth-order valence-electron chi connectivity index (χ4n) is 4.35. The van der Waals surface area contributed by atoms with Crippen molar-refractivity contribution < 1.29 is 9.53 Å². The van der Waals surface area contributed by atoms with Crippen LogP contribution in [0.1, 0.15) is 29.5 Å². The molecule has 2 aliphatic heterocycles. The zero-order chi connectivity index (χ0) is 18.3. The minimum Gasteiger partial charge on any atom is -0.440 e. The number of aryl methyl sites for hydroxylation is 2. The number of hydrogen-bond acceptors (Lipinski definition) is 4. The van der Waals surface area contributed by atoms with Gasteiger partial charge in [-0.05, 0) is 62.1 Å². The SMILES string of the molecule is Cc1cc(C)c(CN2CCC[C@]3(C2)CN(C)C(=O)O3)c(-n2cccn2)c1. The Balaban J connectivity index is 1.60. The van der Waals surface area contributed by atoms with Gasteiger partial charge in [-0.3, -0.25) is 4.90 Å². The first-order valence-corrected chi connectivity index (χ1v) is 9.22. The van der Waals surface area contributed by atoms with Crippen molar-refractivity contribution in [1.82, 2.24) is 19.6 Å². The van der Waals surface area contributed by atoms with E-state index in [-0.39, 0.29) is 11.7 Å². The maximum Gasteiger partial charge on any atom is 0.410 e. The molecule has 1 aromatic carbocycles. The molecule has 138 valence electrons. The number of benzene rings is 1. The van der Waals surface area contributed by atoms with E-state index in [4.69, 9.17) is 4.74 Å². The van der Waals surface area contributed by atoms with Gasteiger partial charge in [0.15, 0.2) is 0 Å². The molecule has 1 amide bonds. The molecule has 3 heterocycles. The van der Waals surface area contributed by atoms with E-state index in [2.05, 4.69) is 36.0 Å². The maximum atomic E-state index is 11.9. The predicted molar refractivity (Wildman–Crippen MR) is 99.4 cm³/mol. The molecule has 0 saturated carbocycles. The zero-order valence-electron chi connectivity index (χ0n) is 15.7. The van der Waals surface area contributed by atoms with Gasteiger partial charge in [0.25, 0.3) is 0 Å². The van der Waals surface area contributed by atoms with E-state index in [1.165, 1.54) is 16.7 Å². The van der Waals surface area contributed by atoms with Gasteiger partial charge in [0.05, 0.1) is 12.2 Å². The first kappa shape index (κ1) is 17.1. The van der Waals surface area contributed by atoms with E-state index in [1.807, 2.05) is 30.2 Å². The second kappa shape index (κ2) is 6.43. The highest BCUT2D eigenvalue weighted by molar-refractivity contribution is 5.70. The summed E-state index contributed by atoms with van der Waals surface area (Å²) in [5, 5.41) is 4.44. The number of likely N-dealkylation sites (tertiary alicyclic amines) is 1. The van der Waals surface area contributed by atoms with E-state index >= 15 is 0 Å². The molecule has 1 atom stereocenters. The van der Waals surface area contributed by atoms with Crippen molar-refractivity contribution in [1.29, 1.82) is 0 Å². The third-order valence-corrected chi connectivity index (χ3v) is 5.49. The Morgan fingerprint density at radius 2 is 2.12 bits per heavy atom. The summed E-state index contributed by atoms with van der Waals surface area (Å²) < 4.78 is 7.69. The quantitative estimate of drug-likeness (QED) is 0.850. The van der Waals surface area contributed by atoms with Crippen molar-refractivity contribution in [2.45, 2.75) is 38.8 Å². The lowest BCUT2D eigenvalue weighted by Gasteiger charge is -2.38. The summed E-state index contributed by atoms with van der Waals surface area (Å²) in [5.74, 6) is 0. The lowest BCUT2D eigenvalue weighted by molar-refractivity contribution is -0.0114. The van der Waals surface area contributed by atoms with Gasteiger partial charge in [0.2, 0.25) is 0 Å². The summed E-state index contributed by atoms with van der Waals surface area (Å²) in [7, 11) is 1.82. The molecule has 0 unspecified atom stereocenters. The van der Waals surface area contributed by atoms with Crippen molar-refractivity contribution in [2.24, 2.45) is 0 Å². The Kier molecular flexibility index (Phi) is 4.23. The van der Waals surface area contributed by atoms with Crippen LogP contribution in [0.4, 0.5) is 4.79 Å². The van der Waals surface area contributed by atoms with Crippen LogP contribution in [0.5, 0.6) is 0 Å². The minimum absolute atomic E-state index is 0.199. The van der Waals surface area contributed by atoms with Crippen molar-refractivity contribution in [3.8, 4) is 5.69 Å². The fourth-order valence-corrected chi connectivity index (χ4v) is 4.35. The van der Waals surface area contributed by atoms with Crippen LogP contribution >= 0.6 is 0 Å². The number of hydrogen-bond donors (Lipinski definition) is 0. The molecule has 0 radical (unpaired) electrons. The minimum atomic E-state index is -0.353. The number of aromatic nitrogens is 2. The van der Waals surface area contributed by atoms with Crippen LogP contribution in [0.2, 0.25) is 0 Å². The molecular formula is C20H26N4O2. The summed E-state index contributed by atoms with van der Waals surface area (Å²) in [5.41, 5.74) is 4.57. The summed E-state index contributed by atoms with van der Waals surface area (Å²) in [4.78, 5) is 16.0. The average molecular weight is 354 g/mol. The van der Waals surface area contributed by atoms with Gasteiger partial charge in [0.1, 0.15) is 5.60 Å². The molecule has 1 aromatic heterocycles. The van der Waals surface area contributed by atoms with Crippen LogP contribution in [0, 0.1) is 13.8 Å². The zero-order valence-corrected chi connectivity index (χ0v) is 15.7. The molecule has 2 saturated heterocycles. The molecule has 0 aliphatic carbocycles. The third kappa shape index (κ3) is 3.09. The highest BCUT2D eigenvalue weighted by atomic mass is 16.6. The van der Waals surface area contributed by atoms with Crippen LogP contribution in [-0.2, 0) is 11.3 Å². The first-order valence-electron chi connectivity index (χ1n) is 9.22. The monoisotopic (exact) mass is 354 g/mol. The molecule has 4 rings (SSSR count). The van der Waals surface area contributed by atoms with Gasteiger partial charge in [-0.2, -0.15) is 5.10 Å². The largest absolute Gasteiger partial charge is 0.440 e. The Morgan fingerprint density at radius 1 is 1.27 bits per heavy atom.